The second-order valence-corrected chi connectivity index (χ2v) is 4.58. The zero-order chi connectivity index (χ0) is 14.1. The first kappa shape index (κ1) is 16.1. The fraction of sp³-hybridized carbons (Fsp3) is 0.692. The summed E-state index contributed by atoms with van der Waals surface area (Å²) in [6, 6.07) is 3.57. The molecule has 0 fully saturated rings. The van der Waals surface area contributed by atoms with Gasteiger partial charge in [-0.1, -0.05) is 6.92 Å². The van der Waals surface area contributed by atoms with E-state index in [4.69, 9.17) is 9.15 Å². The number of β-amino-alcohol motifs (C(OH)–C–C–N with tert-alkyl or cyclic N) is 1. The van der Waals surface area contributed by atoms with E-state index in [1.807, 2.05) is 6.92 Å². The maximum Gasteiger partial charge on any atom is 0.129 e. The van der Waals surface area contributed by atoms with Crippen LogP contribution in [0.3, 0.4) is 0 Å². The lowest BCUT2D eigenvalue weighted by atomic mass is 9.98. The van der Waals surface area contributed by atoms with Crippen molar-refractivity contribution in [3.05, 3.63) is 24.2 Å². The normalized spacial score (nSPS) is 13.7. The Labute approximate surface area is 113 Å². The highest BCUT2D eigenvalue weighted by Gasteiger charge is 2.26. The molecule has 1 atom stereocenters. The maximum absolute atomic E-state index is 9.75. The fourth-order valence-electron chi connectivity index (χ4n) is 1.59. The van der Waals surface area contributed by atoms with Gasteiger partial charge in [-0.25, -0.2) is 0 Å². The van der Waals surface area contributed by atoms with Gasteiger partial charge in [-0.15, -0.1) is 0 Å². The zero-order valence-electron chi connectivity index (χ0n) is 11.2. The summed E-state index contributed by atoms with van der Waals surface area (Å²) in [5.41, 5.74) is -0.748. The molecule has 0 spiro atoms. The summed E-state index contributed by atoms with van der Waals surface area (Å²) in [6.45, 7) is 2.21. The lowest BCUT2D eigenvalue weighted by Gasteiger charge is -2.30. The molecule has 4 N–H and O–H groups in total. The Balaban J connectivity index is 2.21. The molecule has 0 aliphatic heterocycles. The van der Waals surface area contributed by atoms with Crippen molar-refractivity contribution in [2.24, 2.45) is 0 Å². The molecule has 0 aliphatic carbocycles. The van der Waals surface area contributed by atoms with Gasteiger partial charge in [-0.05, 0) is 18.6 Å². The van der Waals surface area contributed by atoms with Crippen LogP contribution in [-0.2, 0) is 11.3 Å². The molecule has 0 saturated heterocycles. The molecule has 1 heterocycles. The van der Waals surface area contributed by atoms with Gasteiger partial charge in [0, 0.05) is 6.54 Å². The first-order chi connectivity index (χ1) is 9.15. The molecular formula is C13H23NO5. The topological polar surface area (TPSA) is 95.1 Å². The third kappa shape index (κ3) is 5.30. The molecule has 0 saturated carbocycles. The van der Waals surface area contributed by atoms with Crippen LogP contribution in [0, 0.1) is 0 Å². The van der Waals surface area contributed by atoms with Crippen molar-refractivity contribution >= 4 is 0 Å². The molecule has 19 heavy (non-hydrogen) atoms. The van der Waals surface area contributed by atoms with Crippen molar-refractivity contribution < 1.29 is 24.5 Å². The molecule has 0 radical (unpaired) electrons. The van der Waals surface area contributed by atoms with Crippen LogP contribution in [0.15, 0.2) is 22.8 Å². The van der Waals surface area contributed by atoms with Gasteiger partial charge in [-0.3, -0.25) is 0 Å². The number of rotatable bonds is 10. The second-order valence-electron chi connectivity index (χ2n) is 4.58. The van der Waals surface area contributed by atoms with Gasteiger partial charge in [0.15, 0.2) is 0 Å². The maximum atomic E-state index is 9.75. The SMILES string of the molecule is CCC(CO)(CO)NC[C@H](O)COCc1ccco1. The molecule has 110 valence electrons. The Hall–Kier alpha value is -0.920. The van der Waals surface area contributed by atoms with Crippen LogP contribution in [0.5, 0.6) is 0 Å². The average molecular weight is 273 g/mol. The summed E-state index contributed by atoms with van der Waals surface area (Å²) < 4.78 is 10.4. The molecule has 0 amide bonds. The lowest BCUT2D eigenvalue weighted by Crippen LogP contribution is -2.53. The van der Waals surface area contributed by atoms with Crippen LogP contribution in [0.25, 0.3) is 0 Å². The highest BCUT2D eigenvalue weighted by molar-refractivity contribution is 4.96. The van der Waals surface area contributed by atoms with Gasteiger partial charge >= 0.3 is 0 Å². The number of ether oxygens (including phenoxy) is 1. The van der Waals surface area contributed by atoms with Crippen molar-refractivity contribution in [3.63, 3.8) is 0 Å². The quantitative estimate of drug-likeness (QED) is 0.475. The largest absolute Gasteiger partial charge is 0.467 e. The number of hydrogen-bond acceptors (Lipinski definition) is 6. The molecule has 1 aromatic heterocycles. The molecule has 6 nitrogen and oxygen atoms in total. The number of hydrogen-bond donors (Lipinski definition) is 4. The van der Waals surface area contributed by atoms with Crippen molar-refractivity contribution in [2.75, 3.05) is 26.4 Å². The highest BCUT2D eigenvalue weighted by Crippen LogP contribution is 2.08. The summed E-state index contributed by atoms with van der Waals surface area (Å²) in [5, 5.41) is 31.2. The van der Waals surface area contributed by atoms with E-state index in [1.54, 1.807) is 18.4 Å². The van der Waals surface area contributed by atoms with Gasteiger partial charge in [0.1, 0.15) is 12.4 Å². The number of furan rings is 1. The first-order valence-electron chi connectivity index (χ1n) is 6.40. The van der Waals surface area contributed by atoms with Crippen molar-refractivity contribution in [1.29, 1.82) is 0 Å². The van der Waals surface area contributed by atoms with E-state index in [1.165, 1.54) is 0 Å². The van der Waals surface area contributed by atoms with Crippen LogP contribution in [-0.4, -0.2) is 53.3 Å². The predicted octanol–water partition coefficient (Wildman–Crippen LogP) is -0.120. The van der Waals surface area contributed by atoms with Gasteiger partial charge in [0.05, 0.1) is 37.7 Å². The summed E-state index contributed by atoms with van der Waals surface area (Å²) in [4.78, 5) is 0. The fourth-order valence-corrected chi connectivity index (χ4v) is 1.59. The zero-order valence-corrected chi connectivity index (χ0v) is 11.2. The third-order valence-electron chi connectivity index (χ3n) is 3.13. The van der Waals surface area contributed by atoms with E-state index in [0.717, 1.165) is 0 Å². The summed E-state index contributed by atoms with van der Waals surface area (Å²) >= 11 is 0. The van der Waals surface area contributed by atoms with Crippen LogP contribution in [0.1, 0.15) is 19.1 Å². The Morgan fingerprint density at radius 3 is 2.68 bits per heavy atom. The van der Waals surface area contributed by atoms with Gasteiger partial charge in [0.2, 0.25) is 0 Å². The number of aliphatic hydroxyl groups excluding tert-OH is 3. The lowest BCUT2D eigenvalue weighted by molar-refractivity contribution is 0.0109. The van der Waals surface area contributed by atoms with Gasteiger partial charge < -0.3 is 29.8 Å². The smallest absolute Gasteiger partial charge is 0.129 e. The van der Waals surface area contributed by atoms with Gasteiger partial charge in [-0.2, -0.15) is 0 Å². The summed E-state index contributed by atoms with van der Waals surface area (Å²) in [7, 11) is 0. The van der Waals surface area contributed by atoms with E-state index < -0.39 is 11.6 Å². The molecule has 1 rings (SSSR count). The molecular weight excluding hydrogens is 250 g/mol. The van der Waals surface area contributed by atoms with E-state index >= 15 is 0 Å². The molecule has 0 bridgehead atoms. The predicted molar refractivity (Wildman–Crippen MR) is 69.6 cm³/mol. The van der Waals surface area contributed by atoms with Crippen molar-refractivity contribution in [1.82, 2.24) is 5.32 Å². The van der Waals surface area contributed by atoms with Crippen molar-refractivity contribution in [3.8, 4) is 0 Å². The Morgan fingerprint density at radius 1 is 1.42 bits per heavy atom. The highest BCUT2D eigenvalue weighted by atomic mass is 16.5. The first-order valence-corrected chi connectivity index (χ1v) is 6.40. The molecule has 1 aromatic rings. The molecule has 0 unspecified atom stereocenters. The summed E-state index contributed by atoms with van der Waals surface area (Å²) in [6.07, 6.45) is 1.42. The number of nitrogens with one attached hydrogen (secondary N) is 1. The van der Waals surface area contributed by atoms with E-state index in [9.17, 15) is 15.3 Å². The Morgan fingerprint density at radius 2 is 2.16 bits per heavy atom. The van der Waals surface area contributed by atoms with Crippen molar-refractivity contribution in [2.45, 2.75) is 31.6 Å². The molecule has 0 aromatic carbocycles. The van der Waals surface area contributed by atoms with E-state index in [-0.39, 0.29) is 26.4 Å². The van der Waals surface area contributed by atoms with E-state index in [0.29, 0.717) is 18.8 Å². The monoisotopic (exact) mass is 273 g/mol. The molecule has 0 aliphatic rings. The van der Waals surface area contributed by atoms with E-state index in [2.05, 4.69) is 5.32 Å². The van der Waals surface area contributed by atoms with Crippen LogP contribution >= 0.6 is 0 Å². The standard InChI is InChI=1S/C13H23NO5/c1-2-13(9-15,10-16)14-6-11(17)7-18-8-12-4-3-5-19-12/h3-5,11,14-17H,2,6-10H2,1H3/t11-/m0/s1. The minimum absolute atomic E-state index is 0.157. The van der Waals surface area contributed by atoms with Crippen LogP contribution < -0.4 is 5.32 Å². The summed E-state index contributed by atoms with van der Waals surface area (Å²) in [5.74, 6) is 0.703. The average Bonchev–Trinajstić information content (AvgIpc) is 2.94. The Kier molecular flexibility index (Phi) is 7.04. The minimum atomic E-state index is -0.748. The van der Waals surface area contributed by atoms with Gasteiger partial charge in [0.25, 0.3) is 0 Å². The van der Waals surface area contributed by atoms with Crippen LogP contribution in [0.2, 0.25) is 0 Å². The second kappa shape index (κ2) is 8.29. The Bertz CT molecular complexity index is 316. The van der Waals surface area contributed by atoms with Crippen LogP contribution in [0.4, 0.5) is 0 Å². The molecule has 6 heteroatoms. The number of aliphatic hydroxyl groups is 3. The third-order valence-corrected chi connectivity index (χ3v) is 3.13. The minimum Gasteiger partial charge on any atom is -0.467 e.